The number of hydrogen-bond donors (Lipinski definition) is 1. The van der Waals surface area contributed by atoms with Gasteiger partial charge in [0.1, 0.15) is 11.5 Å². The van der Waals surface area contributed by atoms with Gasteiger partial charge in [0.15, 0.2) is 0 Å². The molecule has 4 rings (SSSR count). The van der Waals surface area contributed by atoms with E-state index in [-0.39, 0.29) is 17.1 Å². The van der Waals surface area contributed by atoms with Crippen LogP contribution in [0.2, 0.25) is 0 Å². The Hall–Kier alpha value is -2.21. The summed E-state index contributed by atoms with van der Waals surface area (Å²) in [7, 11) is 0. The molecule has 1 saturated heterocycles. The number of aromatic nitrogens is 2. The Morgan fingerprint density at radius 1 is 1.38 bits per heavy atom. The summed E-state index contributed by atoms with van der Waals surface area (Å²) in [6.07, 6.45) is 3.61. The number of benzene rings is 1. The first-order valence-electron chi connectivity index (χ1n) is 8.03. The number of amides is 1. The number of likely N-dealkylation sites (tertiary alicyclic amines) is 1. The van der Waals surface area contributed by atoms with Crippen molar-refractivity contribution in [3.05, 3.63) is 52.4 Å². The van der Waals surface area contributed by atoms with Gasteiger partial charge in [-0.1, -0.05) is 19.1 Å². The smallest absolute Gasteiger partial charge is 0.270 e. The van der Waals surface area contributed by atoms with E-state index in [1.54, 1.807) is 29.5 Å². The number of carbonyl (C=O) groups excluding carboxylic acids is 1. The second kappa shape index (κ2) is 5.70. The first-order chi connectivity index (χ1) is 11.6. The molecule has 0 radical (unpaired) electrons. The van der Waals surface area contributed by atoms with Crippen LogP contribution in [0.3, 0.4) is 0 Å². The van der Waals surface area contributed by atoms with Crippen LogP contribution in [0.1, 0.15) is 35.3 Å². The van der Waals surface area contributed by atoms with E-state index < -0.39 is 0 Å². The molecular weight excluding hydrogens is 325 g/mol. The van der Waals surface area contributed by atoms with Crippen molar-refractivity contribution in [2.24, 2.45) is 0 Å². The van der Waals surface area contributed by atoms with Gasteiger partial charge in [0.25, 0.3) is 5.91 Å². The zero-order valence-electron chi connectivity index (χ0n) is 13.4. The Labute approximate surface area is 143 Å². The molecule has 124 valence electrons. The number of piperidine rings is 1. The SMILES string of the molecule is CC1(c2nccs2)CCN(C(=O)c2cc3cccc(F)c3[nH]2)CC1. The van der Waals surface area contributed by atoms with Gasteiger partial charge in [-0.3, -0.25) is 4.79 Å². The molecule has 1 fully saturated rings. The van der Waals surface area contributed by atoms with Crippen LogP contribution in [-0.2, 0) is 5.41 Å². The van der Waals surface area contributed by atoms with Gasteiger partial charge in [-0.05, 0) is 25.0 Å². The molecular formula is C18H18FN3OS. The number of rotatable bonds is 2. The lowest BCUT2D eigenvalue weighted by atomic mass is 9.81. The van der Waals surface area contributed by atoms with Crippen LogP contribution in [0.4, 0.5) is 4.39 Å². The minimum absolute atomic E-state index is 0.0392. The molecule has 0 aliphatic carbocycles. The van der Waals surface area contributed by atoms with Crippen LogP contribution >= 0.6 is 11.3 Å². The highest BCUT2D eigenvalue weighted by atomic mass is 32.1. The fourth-order valence-corrected chi connectivity index (χ4v) is 4.20. The second-order valence-corrected chi connectivity index (χ2v) is 7.47. The highest BCUT2D eigenvalue weighted by Crippen LogP contribution is 2.36. The Morgan fingerprint density at radius 2 is 2.17 bits per heavy atom. The van der Waals surface area contributed by atoms with Gasteiger partial charge < -0.3 is 9.88 Å². The average molecular weight is 343 g/mol. The molecule has 0 spiro atoms. The molecule has 0 bridgehead atoms. The Kier molecular flexibility index (Phi) is 3.64. The first-order valence-corrected chi connectivity index (χ1v) is 8.91. The maximum atomic E-state index is 13.8. The van der Waals surface area contributed by atoms with E-state index in [4.69, 9.17) is 0 Å². The van der Waals surface area contributed by atoms with Crippen LogP contribution in [0.15, 0.2) is 35.8 Å². The van der Waals surface area contributed by atoms with Gasteiger partial charge in [0, 0.05) is 35.5 Å². The molecule has 4 nitrogen and oxygen atoms in total. The van der Waals surface area contributed by atoms with Crippen molar-refractivity contribution in [2.75, 3.05) is 13.1 Å². The zero-order valence-corrected chi connectivity index (χ0v) is 14.2. The molecule has 24 heavy (non-hydrogen) atoms. The maximum Gasteiger partial charge on any atom is 0.270 e. The summed E-state index contributed by atoms with van der Waals surface area (Å²) in [5.74, 6) is -0.395. The third kappa shape index (κ3) is 2.51. The largest absolute Gasteiger partial charge is 0.348 e. The number of halogens is 1. The lowest BCUT2D eigenvalue weighted by molar-refractivity contribution is 0.0671. The van der Waals surface area contributed by atoms with Crippen LogP contribution < -0.4 is 0 Å². The maximum absolute atomic E-state index is 13.8. The summed E-state index contributed by atoms with van der Waals surface area (Å²) in [4.78, 5) is 22.0. The van der Waals surface area contributed by atoms with E-state index in [2.05, 4.69) is 16.9 Å². The molecule has 3 aromatic rings. The van der Waals surface area contributed by atoms with Crippen molar-refractivity contribution in [2.45, 2.75) is 25.2 Å². The number of nitrogens with zero attached hydrogens (tertiary/aromatic N) is 2. The molecule has 0 saturated carbocycles. The first kappa shape index (κ1) is 15.3. The van der Waals surface area contributed by atoms with Gasteiger partial charge in [-0.15, -0.1) is 11.3 Å². The Balaban J connectivity index is 1.52. The molecule has 1 aliphatic heterocycles. The summed E-state index contributed by atoms with van der Waals surface area (Å²) in [6, 6.07) is 6.59. The van der Waals surface area contributed by atoms with Crippen molar-refractivity contribution in [1.29, 1.82) is 0 Å². The highest BCUT2D eigenvalue weighted by Gasteiger charge is 2.35. The van der Waals surface area contributed by atoms with Gasteiger partial charge >= 0.3 is 0 Å². The summed E-state index contributed by atoms with van der Waals surface area (Å²) >= 11 is 1.68. The minimum Gasteiger partial charge on any atom is -0.348 e. The third-order valence-corrected chi connectivity index (χ3v) is 6.02. The Morgan fingerprint density at radius 3 is 2.83 bits per heavy atom. The van der Waals surface area contributed by atoms with Crippen molar-refractivity contribution in [1.82, 2.24) is 14.9 Å². The predicted octanol–water partition coefficient (Wildman–Crippen LogP) is 3.96. The van der Waals surface area contributed by atoms with Gasteiger partial charge in [-0.25, -0.2) is 9.37 Å². The lowest BCUT2D eigenvalue weighted by Gasteiger charge is -2.38. The summed E-state index contributed by atoms with van der Waals surface area (Å²) in [5, 5.41) is 3.86. The molecule has 0 unspecified atom stereocenters. The van der Waals surface area contributed by atoms with E-state index in [1.165, 1.54) is 6.07 Å². The average Bonchev–Trinajstić information content (AvgIpc) is 3.25. The number of nitrogens with one attached hydrogen (secondary N) is 1. The van der Waals surface area contributed by atoms with Gasteiger partial charge in [-0.2, -0.15) is 0 Å². The van der Waals surface area contributed by atoms with Crippen molar-refractivity contribution in [3.63, 3.8) is 0 Å². The molecule has 0 atom stereocenters. The molecule has 2 aromatic heterocycles. The highest BCUT2D eigenvalue weighted by molar-refractivity contribution is 7.09. The predicted molar refractivity (Wildman–Crippen MR) is 92.9 cm³/mol. The number of thiazole rings is 1. The zero-order chi connectivity index (χ0) is 16.7. The number of para-hydroxylation sites is 1. The van der Waals surface area contributed by atoms with E-state index in [0.717, 1.165) is 23.2 Å². The van der Waals surface area contributed by atoms with Crippen LogP contribution in [-0.4, -0.2) is 33.9 Å². The topological polar surface area (TPSA) is 49.0 Å². The van der Waals surface area contributed by atoms with Crippen molar-refractivity contribution >= 4 is 28.1 Å². The van der Waals surface area contributed by atoms with Crippen LogP contribution in [0.25, 0.3) is 10.9 Å². The van der Waals surface area contributed by atoms with E-state index in [9.17, 15) is 9.18 Å². The summed E-state index contributed by atoms with van der Waals surface area (Å²) in [5.41, 5.74) is 0.885. The minimum atomic E-state index is -0.332. The fourth-order valence-electron chi connectivity index (χ4n) is 3.34. The molecule has 1 N–H and O–H groups in total. The molecule has 1 aromatic carbocycles. The summed E-state index contributed by atoms with van der Waals surface area (Å²) < 4.78 is 13.8. The number of aromatic amines is 1. The lowest BCUT2D eigenvalue weighted by Crippen LogP contribution is -2.44. The van der Waals surface area contributed by atoms with Gasteiger partial charge in [0.05, 0.1) is 10.5 Å². The molecule has 6 heteroatoms. The normalized spacial score (nSPS) is 17.3. The Bertz CT molecular complexity index is 879. The number of carbonyl (C=O) groups is 1. The van der Waals surface area contributed by atoms with Crippen LogP contribution in [0.5, 0.6) is 0 Å². The third-order valence-electron chi connectivity index (χ3n) is 4.94. The fraction of sp³-hybridized carbons (Fsp3) is 0.333. The van der Waals surface area contributed by atoms with Crippen LogP contribution in [0, 0.1) is 5.82 Å². The monoisotopic (exact) mass is 343 g/mol. The summed E-state index contributed by atoms with van der Waals surface area (Å²) in [6.45, 7) is 3.59. The molecule has 1 aliphatic rings. The van der Waals surface area contributed by atoms with Crippen molar-refractivity contribution < 1.29 is 9.18 Å². The molecule has 3 heterocycles. The van der Waals surface area contributed by atoms with E-state index >= 15 is 0 Å². The number of hydrogen-bond acceptors (Lipinski definition) is 3. The van der Waals surface area contributed by atoms with E-state index in [0.29, 0.717) is 24.3 Å². The van der Waals surface area contributed by atoms with Crippen molar-refractivity contribution in [3.8, 4) is 0 Å². The molecule has 1 amide bonds. The quantitative estimate of drug-likeness (QED) is 0.766. The number of H-pyrrole nitrogens is 1. The standard InChI is InChI=1S/C18H18FN3OS/c1-18(17-20-7-10-24-17)5-8-22(9-6-18)16(23)14-11-12-3-2-4-13(19)15(12)21-14/h2-4,7,10-11,21H,5-6,8-9H2,1H3. The van der Waals surface area contributed by atoms with E-state index in [1.807, 2.05) is 16.5 Å². The van der Waals surface area contributed by atoms with Gasteiger partial charge in [0.2, 0.25) is 0 Å². The number of fused-ring (bicyclic) bond motifs is 1. The second-order valence-electron chi connectivity index (χ2n) is 6.58.